The van der Waals surface area contributed by atoms with Crippen LogP contribution in [0.25, 0.3) is 0 Å². The predicted molar refractivity (Wildman–Crippen MR) is 75.3 cm³/mol. The number of carbonyl (C=O) groups is 1. The summed E-state index contributed by atoms with van der Waals surface area (Å²) in [5.74, 6) is 0.205. The largest absolute Gasteiger partial charge is 0.435 e. The van der Waals surface area contributed by atoms with Gasteiger partial charge in [0.25, 0.3) is 0 Å². The van der Waals surface area contributed by atoms with E-state index in [-0.39, 0.29) is 11.8 Å². The average molecular weight is 316 g/mol. The number of carbonyl (C=O) groups excluding carboxylic acids is 1. The van der Waals surface area contributed by atoms with E-state index >= 15 is 0 Å². The molecule has 1 atom stereocenters. The third kappa shape index (κ3) is 4.08. The van der Waals surface area contributed by atoms with E-state index in [0.717, 1.165) is 25.3 Å². The Morgan fingerprint density at radius 3 is 2.77 bits per heavy atom. The van der Waals surface area contributed by atoms with Gasteiger partial charge in [-0.1, -0.05) is 6.92 Å². The number of halogens is 3. The Morgan fingerprint density at radius 2 is 2.18 bits per heavy atom. The zero-order valence-electron chi connectivity index (χ0n) is 12.4. The van der Waals surface area contributed by atoms with Gasteiger partial charge in [0.15, 0.2) is 11.5 Å². The van der Waals surface area contributed by atoms with Gasteiger partial charge in [0, 0.05) is 19.6 Å². The van der Waals surface area contributed by atoms with Crippen LogP contribution < -0.4 is 10.2 Å². The van der Waals surface area contributed by atoms with Crippen LogP contribution in [0.2, 0.25) is 0 Å². The van der Waals surface area contributed by atoms with Crippen LogP contribution in [0.15, 0.2) is 12.1 Å². The highest BCUT2D eigenvalue weighted by molar-refractivity contribution is 5.79. The van der Waals surface area contributed by atoms with Crippen molar-refractivity contribution >= 4 is 11.7 Å². The fraction of sp³-hybridized carbons (Fsp3) is 0.643. The lowest BCUT2D eigenvalue weighted by Gasteiger charge is -2.32. The molecule has 0 saturated carbocycles. The van der Waals surface area contributed by atoms with Gasteiger partial charge in [-0.15, -0.1) is 10.2 Å². The van der Waals surface area contributed by atoms with Crippen molar-refractivity contribution in [3.8, 4) is 0 Å². The molecule has 1 N–H and O–H groups in total. The Hall–Kier alpha value is -1.86. The number of hydrogen-bond donors (Lipinski definition) is 1. The molecular formula is C14H19F3N4O. The lowest BCUT2D eigenvalue weighted by atomic mass is 9.97. The first-order valence-corrected chi connectivity index (χ1v) is 7.35. The van der Waals surface area contributed by atoms with Crippen molar-refractivity contribution in [2.45, 2.75) is 32.4 Å². The van der Waals surface area contributed by atoms with Crippen molar-refractivity contribution < 1.29 is 18.0 Å². The van der Waals surface area contributed by atoms with Crippen molar-refractivity contribution in [2.24, 2.45) is 5.92 Å². The van der Waals surface area contributed by atoms with E-state index < -0.39 is 11.9 Å². The molecule has 122 valence electrons. The molecule has 1 aromatic rings. The number of alkyl halides is 3. The van der Waals surface area contributed by atoms with Crippen LogP contribution in [0.3, 0.4) is 0 Å². The fourth-order valence-corrected chi connectivity index (χ4v) is 2.44. The SMILES string of the molecule is CCCNC(=O)C1CCCN(c2ccc(C(F)(F)F)nn2)C1. The molecule has 8 heteroatoms. The summed E-state index contributed by atoms with van der Waals surface area (Å²) in [7, 11) is 0. The monoisotopic (exact) mass is 316 g/mol. The van der Waals surface area contributed by atoms with Crippen molar-refractivity contribution in [3.05, 3.63) is 17.8 Å². The van der Waals surface area contributed by atoms with Gasteiger partial charge in [0.2, 0.25) is 5.91 Å². The first-order chi connectivity index (χ1) is 10.4. The number of rotatable bonds is 4. The minimum atomic E-state index is -4.49. The van der Waals surface area contributed by atoms with E-state index in [0.29, 0.717) is 25.5 Å². The van der Waals surface area contributed by atoms with Crippen LogP contribution >= 0.6 is 0 Å². The topological polar surface area (TPSA) is 58.1 Å². The second-order valence-corrected chi connectivity index (χ2v) is 5.35. The van der Waals surface area contributed by atoms with E-state index in [1.54, 1.807) is 0 Å². The first kappa shape index (κ1) is 16.5. The van der Waals surface area contributed by atoms with Gasteiger partial charge >= 0.3 is 6.18 Å². The van der Waals surface area contributed by atoms with Crippen molar-refractivity contribution in [1.82, 2.24) is 15.5 Å². The summed E-state index contributed by atoms with van der Waals surface area (Å²) in [5, 5.41) is 9.73. The molecule has 1 saturated heterocycles. The van der Waals surface area contributed by atoms with Gasteiger partial charge in [-0.05, 0) is 31.4 Å². The Kier molecular flexibility index (Phi) is 5.20. The molecule has 0 aromatic carbocycles. The summed E-state index contributed by atoms with van der Waals surface area (Å²) in [5.41, 5.74) is -1.01. The molecule has 1 aliphatic heterocycles. The third-order valence-electron chi connectivity index (χ3n) is 3.61. The van der Waals surface area contributed by atoms with Crippen molar-refractivity contribution in [1.29, 1.82) is 0 Å². The molecule has 1 aliphatic rings. The minimum absolute atomic E-state index is 0.00794. The van der Waals surface area contributed by atoms with E-state index in [1.165, 1.54) is 6.07 Å². The Bertz CT molecular complexity index is 504. The molecular weight excluding hydrogens is 297 g/mol. The van der Waals surface area contributed by atoms with E-state index in [2.05, 4.69) is 15.5 Å². The average Bonchev–Trinajstić information content (AvgIpc) is 2.52. The van der Waals surface area contributed by atoms with Crippen LogP contribution in [0.1, 0.15) is 31.9 Å². The number of nitrogens with one attached hydrogen (secondary N) is 1. The van der Waals surface area contributed by atoms with Gasteiger partial charge in [-0.25, -0.2) is 0 Å². The fourth-order valence-electron chi connectivity index (χ4n) is 2.44. The number of anilines is 1. The lowest BCUT2D eigenvalue weighted by molar-refractivity contribution is -0.141. The molecule has 22 heavy (non-hydrogen) atoms. The minimum Gasteiger partial charge on any atom is -0.356 e. The lowest BCUT2D eigenvalue weighted by Crippen LogP contribution is -2.43. The number of amides is 1. The highest BCUT2D eigenvalue weighted by Gasteiger charge is 2.33. The second-order valence-electron chi connectivity index (χ2n) is 5.35. The summed E-state index contributed by atoms with van der Waals surface area (Å²) < 4.78 is 37.4. The quantitative estimate of drug-likeness (QED) is 0.925. The van der Waals surface area contributed by atoms with Gasteiger partial charge in [0.05, 0.1) is 5.92 Å². The molecule has 1 fully saturated rings. The zero-order valence-corrected chi connectivity index (χ0v) is 12.4. The third-order valence-corrected chi connectivity index (χ3v) is 3.61. The Labute approximate surface area is 126 Å². The van der Waals surface area contributed by atoms with Crippen LogP contribution in [-0.2, 0) is 11.0 Å². The van der Waals surface area contributed by atoms with Crippen molar-refractivity contribution in [3.63, 3.8) is 0 Å². The predicted octanol–water partition coefficient (Wildman–Crippen LogP) is 2.24. The standard InChI is InChI=1S/C14H19F3N4O/c1-2-7-18-13(22)10-4-3-8-21(9-10)12-6-5-11(19-20-12)14(15,16)17/h5-6,10H,2-4,7-9H2,1H3,(H,18,22). The van der Waals surface area contributed by atoms with Gasteiger partial charge in [0.1, 0.15) is 0 Å². The summed E-state index contributed by atoms with van der Waals surface area (Å²) >= 11 is 0. The maximum Gasteiger partial charge on any atom is 0.435 e. The molecule has 2 heterocycles. The molecule has 0 radical (unpaired) electrons. The first-order valence-electron chi connectivity index (χ1n) is 7.35. The molecule has 5 nitrogen and oxygen atoms in total. The summed E-state index contributed by atoms with van der Waals surface area (Å²) in [6, 6.07) is 2.23. The van der Waals surface area contributed by atoms with E-state index in [1.807, 2.05) is 11.8 Å². The molecule has 0 bridgehead atoms. The van der Waals surface area contributed by atoms with Crippen LogP contribution in [0.5, 0.6) is 0 Å². The normalized spacial score (nSPS) is 19.1. The highest BCUT2D eigenvalue weighted by Crippen LogP contribution is 2.28. The smallest absolute Gasteiger partial charge is 0.356 e. The summed E-state index contributed by atoms with van der Waals surface area (Å²) in [6.07, 6.45) is -2.05. The molecule has 1 amide bonds. The molecule has 2 rings (SSSR count). The summed E-state index contributed by atoms with van der Waals surface area (Å²) in [4.78, 5) is 13.8. The van der Waals surface area contributed by atoms with Crippen LogP contribution in [0.4, 0.5) is 19.0 Å². The number of piperidine rings is 1. The summed E-state index contributed by atoms with van der Waals surface area (Å²) in [6.45, 7) is 3.73. The molecule has 0 aliphatic carbocycles. The zero-order chi connectivity index (χ0) is 16.2. The Balaban J connectivity index is 2.01. The number of hydrogen-bond acceptors (Lipinski definition) is 4. The van der Waals surface area contributed by atoms with Crippen LogP contribution in [0, 0.1) is 5.92 Å². The van der Waals surface area contributed by atoms with E-state index in [4.69, 9.17) is 0 Å². The van der Waals surface area contributed by atoms with Gasteiger partial charge in [-0.2, -0.15) is 13.2 Å². The maximum absolute atomic E-state index is 12.5. The Morgan fingerprint density at radius 1 is 1.41 bits per heavy atom. The maximum atomic E-state index is 12.5. The molecule has 0 spiro atoms. The van der Waals surface area contributed by atoms with Gasteiger partial charge in [-0.3, -0.25) is 4.79 Å². The molecule has 1 aromatic heterocycles. The van der Waals surface area contributed by atoms with Crippen molar-refractivity contribution in [2.75, 3.05) is 24.5 Å². The molecule has 1 unspecified atom stereocenters. The van der Waals surface area contributed by atoms with Gasteiger partial charge < -0.3 is 10.2 Å². The number of aromatic nitrogens is 2. The second kappa shape index (κ2) is 6.93. The van der Waals surface area contributed by atoms with E-state index in [9.17, 15) is 18.0 Å². The number of nitrogens with zero attached hydrogens (tertiary/aromatic N) is 3. The highest BCUT2D eigenvalue weighted by atomic mass is 19.4. The van der Waals surface area contributed by atoms with Crippen LogP contribution in [-0.4, -0.2) is 35.7 Å².